The van der Waals surface area contributed by atoms with Crippen molar-refractivity contribution in [1.82, 2.24) is 0 Å². The van der Waals surface area contributed by atoms with Crippen molar-refractivity contribution in [2.75, 3.05) is 6.61 Å². The van der Waals surface area contributed by atoms with E-state index in [1.807, 2.05) is 60.7 Å². The van der Waals surface area contributed by atoms with E-state index in [4.69, 9.17) is 4.74 Å². The number of carbonyl (C=O) groups excluding carboxylic acids is 2. The van der Waals surface area contributed by atoms with Crippen molar-refractivity contribution < 1.29 is 14.3 Å². The Kier molecular flexibility index (Phi) is 5.90. The molecule has 0 saturated heterocycles. The van der Waals surface area contributed by atoms with E-state index in [9.17, 15) is 9.59 Å². The highest BCUT2D eigenvalue weighted by Gasteiger charge is 2.22. The second-order valence-electron chi connectivity index (χ2n) is 5.15. The van der Waals surface area contributed by atoms with E-state index in [2.05, 4.69) is 0 Å². The Balaban J connectivity index is 2.15. The Morgan fingerprint density at radius 1 is 0.955 bits per heavy atom. The molecule has 1 atom stereocenters. The van der Waals surface area contributed by atoms with Crippen LogP contribution in [0.15, 0.2) is 60.7 Å². The van der Waals surface area contributed by atoms with Gasteiger partial charge in [-0.15, -0.1) is 0 Å². The standard InChI is InChI=1S/C19H20O3/c1-2-22-19(21)18(20)14-17(16-11-7-4-8-12-16)13-15-9-5-3-6-10-15/h3-12,17H,2,13-14H2,1H3. The predicted octanol–water partition coefficient (Wildman–Crippen LogP) is 3.54. The fourth-order valence-corrected chi connectivity index (χ4v) is 2.45. The monoisotopic (exact) mass is 296 g/mol. The zero-order valence-electron chi connectivity index (χ0n) is 12.7. The van der Waals surface area contributed by atoms with Crippen LogP contribution in [0.4, 0.5) is 0 Å². The number of rotatable bonds is 7. The van der Waals surface area contributed by atoms with Crippen molar-refractivity contribution in [3.8, 4) is 0 Å². The molecule has 0 bridgehead atoms. The van der Waals surface area contributed by atoms with Crippen LogP contribution in [0.1, 0.15) is 30.4 Å². The summed E-state index contributed by atoms with van der Waals surface area (Å²) >= 11 is 0. The van der Waals surface area contributed by atoms with E-state index in [1.54, 1.807) is 6.92 Å². The van der Waals surface area contributed by atoms with Crippen LogP contribution in [0, 0.1) is 0 Å². The molecule has 2 aromatic carbocycles. The van der Waals surface area contributed by atoms with Gasteiger partial charge in [0.15, 0.2) is 0 Å². The molecule has 3 nitrogen and oxygen atoms in total. The first-order valence-corrected chi connectivity index (χ1v) is 7.49. The van der Waals surface area contributed by atoms with E-state index in [1.165, 1.54) is 0 Å². The van der Waals surface area contributed by atoms with Crippen molar-refractivity contribution >= 4 is 11.8 Å². The lowest BCUT2D eigenvalue weighted by molar-refractivity contribution is -0.153. The number of hydrogen-bond acceptors (Lipinski definition) is 3. The number of hydrogen-bond donors (Lipinski definition) is 0. The minimum Gasteiger partial charge on any atom is -0.460 e. The predicted molar refractivity (Wildman–Crippen MR) is 85.6 cm³/mol. The van der Waals surface area contributed by atoms with Gasteiger partial charge in [-0.3, -0.25) is 4.79 Å². The maximum Gasteiger partial charge on any atom is 0.374 e. The number of benzene rings is 2. The molecule has 2 rings (SSSR count). The number of carbonyl (C=O) groups is 2. The van der Waals surface area contributed by atoms with Gasteiger partial charge in [-0.25, -0.2) is 4.79 Å². The lowest BCUT2D eigenvalue weighted by Crippen LogP contribution is -2.20. The van der Waals surface area contributed by atoms with Gasteiger partial charge in [0.05, 0.1) is 6.61 Å². The van der Waals surface area contributed by atoms with Crippen LogP contribution in [0.25, 0.3) is 0 Å². The summed E-state index contributed by atoms with van der Waals surface area (Å²) in [6.07, 6.45) is 0.883. The van der Waals surface area contributed by atoms with Gasteiger partial charge < -0.3 is 4.74 Å². The zero-order chi connectivity index (χ0) is 15.8. The maximum absolute atomic E-state index is 12.0. The third-order valence-corrected chi connectivity index (χ3v) is 3.53. The number of ether oxygens (including phenoxy) is 1. The van der Waals surface area contributed by atoms with E-state index < -0.39 is 11.8 Å². The molecule has 22 heavy (non-hydrogen) atoms. The van der Waals surface area contributed by atoms with Crippen LogP contribution in [-0.4, -0.2) is 18.4 Å². The summed E-state index contributed by atoms with van der Waals surface area (Å²) < 4.78 is 4.80. The van der Waals surface area contributed by atoms with E-state index in [-0.39, 0.29) is 18.9 Å². The molecule has 1 unspecified atom stereocenters. The third kappa shape index (κ3) is 4.55. The lowest BCUT2D eigenvalue weighted by atomic mass is 9.88. The summed E-state index contributed by atoms with van der Waals surface area (Å²) in [7, 11) is 0. The van der Waals surface area contributed by atoms with E-state index in [0.717, 1.165) is 17.5 Å². The molecule has 0 N–H and O–H groups in total. The first-order chi connectivity index (χ1) is 10.7. The molecule has 0 heterocycles. The average molecular weight is 296 g/mol. The fraction of sp³-hybridized carbons (Fsp3) is 0.263. The second-order valence-corrected chi connectivity index (χ2v) is 5.15. The smallest absolute Gasteiger partial charge is 0.374 e. The highest BCUT2D eigenvalue weighted by atomic mass is 16.5. The number of ketones is 1. The summed E-state index contributed by atoms with van der Waals surface area (Å²) in [5, 5.41) is 0. The minimum atomic E-state index is -0.739. The van der Waals surface area contributed by atoms with Crippen molar-refractivity contribution in [2.24, 2.45) is 0 Å². The molecule has 0 fully saturated rings. The molecule has 0 aliphatic rings. The van der Waals surface area contributed by atoms with Gasteiger partial charge in [-0.05, 0) is 30.4 Å². The number of esters is 1. The van der Waals surface area contributed by atoms with Gasteiger partial charge in [0.2, 0.25) is 5.78 Å². The van der Waals surface area contributed by atoms with Crippen molar-refractivity contribution in [3.63, 3.8) is 0 Å². The van der Waals surface area contributed by atoms with Crippen LogP contribution in [0.5, 0.6) is 0 Å². The third-order valence-electron chi connectivity index (χ3n) is 3.53. The lowest BCUT2D eigenvalue weighted by Gasteiger charge is -2.16. The Morgan fingerprint density at radius 3 is 2.14 bits per heavy atom. The average Bonchev–Trinajstić information content (AvgIpc) is 2.56. The Hall–Kier alpha value is -2.42. The van der Waals surface area contributed by atoms with Gasteiger partial charge in [-0.2, -0.15) is 0 Å². The molecular formula is C19H20O3. The zero-order valence-corrected chi connectivity index (χ0v) is 12.7. The van der Waals surface area contributed by atoms with Crippen LogP contribution >= 0.6 is 0 Å². The van der Waals surface area contributed by atoms with Gasteiger partial charge in [0.25, 0.3) is 0 Å². The molecule has 0 aliphatic heterocycles. The molecule has 0 spiro atoms. The SMILES string of the molecule is CCOC(=O)C(=O)CC(Cc1ccccc1)c1ccccc1. The normalized spacial score (nSPS) is 11.7. The molecule has 0 aromatic heterocycles. The second kappa shape index (κ2) is 8.13. The summed E-state index contributed by atoms with van der Waals surface area (Å²) in [6.45, 7) is 1.92. The highest BCUT2D eigenvalue weighted by Crippen LogP contribution is 2.24. The quantitative estimate of drug-likeness (QED) is 0.580. The van der Waals surface area contributed by atoms with Crippen LogP contribution in [0.2, 0.25) is 0 Å². The fourth-order valence-electron chi connectivity index (χ4n) is 2.45. The molecule has 114 valence electrons. The molecule has 0 aliphatic carbocycles. The number of Topliss-reactive ketones (excluding diaryl/α,β-unsaturated/α-hetero) is 1. The van der Waals surface area contributed by atoms with Gasteiger partial charge >= 0.3 is 5.97 Å². The topological polar surface area (TPSA) is 43.4 Å². The minimum absolute atomic E-state index is 0.0273. The summed E-state index contributed by atoms with van der Waals surface area (Å²) in [4.78, 5) is 23.6. The molecule has 3 heteroatoms. The van der Waals surface area contributed by atoms with Crippen molar-refractivity contribution in [3.05, 3.63) is 71.8 Å². The summed E-state index contributed by atoms with van der Waals surface area (Å²) in [5.74, 6) is -1.23. The van der Waals surface area contributed by atoms with Gasteiger partial charge in [0.1, 0.15) is 0 Å². The van der Waals surface area contributed by atoms with E-state index in [0.29, 0.717) is 0 Å². The summed E-state index contributed by atoms with van der Waals surface area (Å²) in [5.41, 5.74) is 2.21. The maximum atomic E-state index is 12.0. The van der Waals surface area contributed by atoms with Gasteiger partial charge in [-0.1, -0.05) is 60.7 Å². The first kappa shape index (κ1) is 16.0. The Labute approximate surface area is 130 Å². The molecule has 0 amide bonds. The summed E-state index contributed by atoms with van der Waals surface area (Å²) in [6, 6.07) is 19.8. The Bertz CT molecular complexity index is 605. The molecule has 2 aromatic rings. The van der Waals surface area contributed by atoms with E-state index >= 15 is 0 Å². The van der Waals surface area contributed by atoms with Crippen LogP contribution < -0.4 is 0 Å². The van der Waals surface area contributed by atoms with Crippen LogP contribution in [0.3, 0.4) is 0 Å². The first-order valence-electron chi connectivity index (χ1n) is 7.49. The van der Waals surface area contributed by atoms with Crippen molar-refractivity contribution in [2.45, 2.75) is 25.7 Å². The molecular weight excluding hydrogens is 276 g/mol. The Morgan fingerprint density at radius 2 is 1.55 bits per heavy atom. The van der Waals surface area contributed by atoms with Crippen molar-refractivity contribution in [1.29, 1.82) is 0 Å². The largest absolute Gasteiger partial charge is 0.460 e. The molecule has 0 radical (unpaired) electrons. The highest BCUT2D eigenvalue weighted by molar-refractivity contribution is 6.33. The molecule has 0 saturated carbocycles. The van der Waals surface area contributed by atoms with Gasteiger partial charge in [0, 0.05) is 6.42 Å². The van der Waals surface area contributed by atoms with Crippen LogP contribution in [-0.2, 0) is 20.7 Å².